The van der Waals surface area contributed by atoms with Crippen LogP contribution in [0.1, 0.15) is 16.4 Å². The minimum Gasteiger partial charge on any atom is -0.311 e. The van der Waals surface area contributed by atoms with Crippen LogP contribution in [0.25, 0.3) is 88.0 Å². The second-order valence-corrected chi connectivity index (χ2v) is 14.7. The average Bonchev–Trinajstić information content (AvgIpc) is 3.42. The number of benzene rings is 11. The number of hydrogen-bond acceptors (Lipinski definition) is 1. The molecule has 0 saturated carbocycles. The zero-order valence-corrected chi connectivity index (χ0v) is 32.7. The number of anilines is 3. The quantitative estimate of drug-likeness (QED) is 0.139. The third kappa shape index (κ3) is 6.83. The highest BCUT2D eigenvalue weighted by Gasteiger charge is 2.17. The van der Waals surface area contributed by atoms with Gasteiger partial charge in [-0.3, -0.25) is 0 Å². The molecule has 0 fully saturated rings. The van der Waals surface area contributed by atoms with Gasteiger partial charge in [-0.25, -0.2) is 0 Å². The van der Waals surface area contributed by atoms with Gasteiger partial charge >= 0.3 is 0 Å². The number of fused-ring (bicyclic) bond motifs is 4. The number of hydrogen-bond donors (Lipinski definition) is 0. The van der Waals surface area contributed by atoms with Gasteiger partial charge < -0.3 is 4.90 Å². The van der Waals surface area contributed by atoms with Crippen LogP contribution in [0.3, 0.4) is 0 Å². The minimum atomic E-state index is -0.680. The van der Waals surface area contributed by atoms with Gasteiger partial charge in [0.05, 0.1) is 16.4 Å². The van der Waals surface area contributed by atoms with E-state index in [0.29, 0.717) is 27.6 Å². The van der Waals surface area contributed by atoms with Gasteiger partial charge in [0.2, 0.25) is 0 Å². The van der Waals surface area contributed by atoms with Crippen molar-refractivity contribution in [3.8, 4) is 55.6 Å². The lowest BCUT2D eigenvalue weighted by molar-refractivity contribution is 1.28. The summed E-state index contributed by atoms with van der Waals surface area (Å²) in [7, 11) is 0. The fourth-order valence-electron chi connectivity index (χ4n) is 8.14. The van der Waals surface area contributed by atoms with Crippen LogP contribution >= 0.6 is 0 Å². The van der Waals surface area contributed by atoms with E-state index >= 15 is 0 Å². The molecule has 11 aromatic carbocycles. The largest absolute Gasteiger partial charge is 0.311 e. The Morgan fingerprint density at radius 1 is 0.262 bits per heavy atom. The predicted molar refractivity (Wildman–Crippen MR) is 261 cm³/mol. The highest BCUT2D eigenvalue weighted by Crippen LogP contribution is 2.42. The van der Waals surface area contributed by atoms with Crippen LogP contribution in [0.15, 0.2) is 248 Å². The lowest BCUT2D eigenvalue weighted by Gasteiger charge is -2.26. The second-order valence-electron chi connectivity index (χ2n) is 14.7. The van der Waals surface area contributed by atoms with Crippen LogP contribution in [0, 0.1) is 0 Å². The molecule has 61 heavy (non-hydrogen) atoms. The second kappa shape index (κ2) is 15.6. The number of nitrogens with zero attached hydrogens (tertiary/aromatic N) is 1. The molecule has 0 aliphatic carbocycles. The van der Waals surface area contributed by atoms with Gasteiger partial charge in [-0.15, -0.1) is 0 Å². The summed E-state index contributed by atoms with van der Waals surface area (Å²) >= 11 is 0. The third-order valence-corrected chi connectivity index (χ3v) is 11.1. The number of rotatable bonds is 8. The van der Waals surface area contributed by atoms with E-state index in [2.05, 4.69) is 0 Å². The van der Waals surface area contributed by atoms with Crippen molar-refractivity contribution in [3.05, 3.63) is 248 Å². The van der Waals surface area contributed by atoms with Gasteiger partial charge in [0.25, 0.3) is 0 Å². The molecule has 0 radical (unpaired) electrons. The zero-order valence-electron chi connectivity index (χ0n) is 44.7. The molecule has 0 aliphatic rings. The summed E-state index contributed by atoms with van der Waals surface area (Å²) in [4.78, 5) is 0.872. The van der Waals surface area contributed by atoms with Crippen molar-refractivity contribution < 1.29 is 16.4 Å². The molecule has 0 unspecified atom stereocenters. The van der Waals surface area contributed by atoms with Gasteiger partial charge in [0.1, 0.15) is 0 Å². The van der Waals surface area contributed by atoms with Crippen LogP contribution in [0.5, 0.6) is 0 Å². The summed E-state index contributed by atoms with van der Waals surface area (Å²) in [6.07, 6.45) is 0. The van der Waals surface area contributed by atoms with E-state index in [1.54, 1.807) is 24.3 Å². The Hall–Kier alpha value is -8.00. The van der Waals surface area contributed by atoms with Gasteiger partial charge in [-0.1, -0.05) is 200 Å². The smallest absolute Gasteiger partial charge is 0.0645 e. The normalized spacial score (nSPS) is 14.0. The van der Waals surface area contributed by atoms with Crippen molar-refractivity contribution >= 4 is 49.4 Å². The maximum Gasteiger partial charge on any atom is 0.0645 e. The van der Waals surface area contributed by atoms with Crippen molar-refractivity contribution in [1.29, 1.82) is 0 Å². The summed E-state index contributed by atoms with van der Waals surface area (Å²) < 4.78 is 117. The van der Waals surface area contributed by atoms with E-state index in [1.165, 1.54) is 0 Å². The van der Waals surface area contributed by atoms with E-state index in [-0.39, 0.29) is 16.7 Å². The molecule has 0 heterocycles. The molecule has 0 aromatic heterocycles. The van der Waals surface area contributed by atoms with Gasteiger partial charge in [0.15, 0.2) is 0 Å². The molecule has 11 rings (SSSR count). The molecule has 1 heteroatoms. The summed E-state index contributed by atoms with van der Waals surface area (Å²) in [6, 6.07) is 46.9. The molecule has 0 saturated heterocycles. The van der Waals surface area contributed by atoms with Crippen molar-refractivity contribution in [2.75, 3.05) is 4.90 Å². The van der Waals surface area contributed by atoms with E-state index in [9.17, 15) is 16.4 Å². The Morgan fingerprint density at radius 2 is 0.721 bits per heavy atom. The van der Waals surface area contributed by atoms with Crippen LogP contribution in [0.4, 0.5) is 17.1 Å². The summed E-state index contributed by atoms with van der Waals surface area (Å²) in [5.74, 6) is 0. The molecule has 11 aromatic rings. The topological polar surface area (TPSA) is 3.24 Å². The molecule has 0 bridgehead atoms. The van der Waals surface area contributed by atoms with Crippen molar-refractivity contribution in [2.45, 2.75) is 0 Å². The molecule has 0 aliphatic heterocycles. The lowest BCUT2D eigenvalue weighted by Crippen LogP contribution is -2.09. The van der Waals surface area contributed by atoms with Gasteiger partial charge in [-0.2, -0.15) is 0 Å². The first-order valence-electron chi connectivity index (χ1n) is 26.0. The fourth-order valence-corrected chi connectivity index (χ4v) is 8.14. The molecule has 286 valence electrons. The first kappa shape index (κ1) is 25.5. The van der Waals surface area contributed by atoms with E-state index < -0.39 is 89.6 Å². The fraction of sp³-hybridized carbons (Fsp3) is 0. The summed E-state index contributed by atoms with van der Waals surface area (Å²) in [5, 5.41) is 4.88. The van der Waals surface area contributed by atoms with Gasteiger partial charge in [0, 0.05) is 17.1 Å². The first-order valence-corrected chi connectivity index (χ1v) is 20.0. The van der Waals surface area contributed by atoms with Gasteiger partial charge in [-0.05, 0) is 136 Å². The Kier molecular flexibility index (Phi) is 6.53. The first-order chi connectivity index (χ1) is 35.3. The minimum absolute atomic E-state index is 0.0477. The SMILES string of the molecule is [2H]c1c([2H])c(N(c2c([2H])c([2H])c(-c3ccc4ccccc4c3-c3ccccc3)c([2H])c2[2H])c2c([2H])c([2H])c(-c3cc4ccccc4c4ccccc34)c([2H])c2[2H])c([2H])c([2H])c1-c1cccc(-c2ccccc2)c1. The van der Waals surface area contributed by atoms with E-state index in [4.69, 9.17) is 0 Å². The van der Waals surface area contributed by atoms with Crippen molar-refractivity contribution in [3.63, 3.8) is 0 Å². The molecular weight excluding hydrogens is 735 g/mol. The Morgan fingerprint density at radius 3 is 1.36 bits per heavy atom. The highest BCUT2D eigenvalue weighted by atomic mass is 15.1. The Labute approximate surface area is 373 Å². The highest BCUT2D eigenvalue weighted by molar-refractivity contribution is 6.14. The van der Waals surface area contributed by atoms with Crippen molar-refractivity contribution in [2.24, 2.45) is 0 Å². The molecule has 0 atom stereocenters. The Bertz CT molecular complexity index is 3980. The molecular formula is C60H41N. The van der Waals surface area contributed by atoms with Crippen LogP contribution in [-0.4, -0.2) is 0 Å². The monoisotopic (exact) mass is 787 g/mol. The average molecular weight is 788 g/mol. The molecule has 0 N–H and O–H groups in total. The van der Waals surface area contributed by atoms with Crippen LogP contribution in [-0.2, 0) is 0 Å². The zero-order chi connectivity index (χ0) is 51.0. The van der Waals surface area contributed by atoms with Crippen LogP contribution in [0.2, 0.25) is 0 Å². The maximum absolute atomic E-state index is 9.85. The Balaban J connectivity index is 1.21. The molecule has 0 spiro atoms. The van der Waals surface area contributed by atoms with Crippen molar-refractivity contribution in [1.82, 2.24) is 0 Å². The third-order valence-electron chi connectivity index (χ3n) is 11.1. The van der Waals surface area contributed by atoms with Crippen LogP contribution < -0.4 is 4.90 Å². The standard InChI is InChI=1S/C60H41N/c1-3-14-42(15-4-1)48-20-13-21-49(40-48)43-26-33-51(34-27-43)61(53-37-30-46(31-38-53)59-41-50-19-8-9-22-54(50)57-24-11-12-25-58(57)59)52-35-28-45(29-36-52)56-39-32-44-16-7-10-23-55(44)60(56)47-17-5-2-6-18-47/h1-41H/i26D,27D,28D,29D,30D,31D,33D,34D,35D,36D,37D,38D. The van der Waals surface area contributed by atoms with E-state index in [1.807, 2.05) is 152 Å². The summed E-state index contributed by atoms with van der Waals surface area (Å²) in [5.41, 5.74) is 2.26. The van der Waals surface area contributed by atoms with E-state index in [0.717, 1.165) is 48.5 Å². The molecule has 1 nitrogen and oxygen atoms in total. The summed E-state index contributed by atoms with van der Waals surface area (Å²) in [6.45, 7) is 0. The predicted octanol–water partition coefficient (Wildman–Crippen LogP) is 17.0. The lowest BCUT2D eigenvalue weighted by atomic mass is 9.90. The molecule has 0 amide bonds. The maximum atomic E-state index is 9.85.